The zero-order valence-corrected chi connectivity index (χ0v) is 8.44. The van der Waals surface area contributed by atoms with Crippen molar-refractivity contribution in [3.8, 4) is 0 Å². The Labute approximate surface area is 83.3 Å². The van der Waals surface area contributed by atoms with Crippen LogP contribution in [0.2, 0.25) is 0 Å². The quantitative estimate of drug-likeness (QED) is 0.687. The zero-order valence-electron chi connectivity index (χ0n) is 8.44. The minimum Gasteiger partial charge on any atom is -0.296 e. The Balaban J connectivity index is 2.36. The largest absolute Gasteiger partial charge is 0.296 e. The molecule has 0 aromatic carbocycles. The van der Waals surface area contributed by atoms with E-state index in [-0.39, 0.29) is 0 Å². The van der Waals surface area contributed by atoms with Gasteiger partial charge in [0.1, 0.15) is 5.69 Å². The highest BCUT2D eigenvalue weighted by Gasteiger charge is 2.24. The minimum atomic E-state index is 0.505. The normalized spacial score (nSPS) is 17.5. The fraction of sp³-hybridized carbons (Fsp3) is 0.700. The third-order valence-electron chi connectivity index (χ3n) is 2.95. The predicted octanol–water partition coefficient (Wildman–Crippen LogP) is 1.77. The van der Waals surface area contributed by atoms with Crippen LogP contribution in [0.1, 0.15) is 54.7 Å². The van der Waals surface area contributed by atoms with E-state index in [1.807, 2.05) is 11.6 Å². The number of aryl methyl sites for hydroxylation is 1. The van der Waals surface area contributed by atoms with Crippen LogP contribution >= 0.6 is 0 Å². The van der Waals surface area contributed by atoms with Gasteiger partial charge in [-0.05, 0) is 19.8 Å². The van der Waals surface area contributed by atoms with Gasteiger partial charge in [0.2, 0.25) is 0 Å². The van der Waals surface area contributed by atoms with Crippen molar-refractivity contribution >= 4 is 6.29 Å². The van der Waals surface area contributed by atoms with Crippen molar-refractivity contribution in [3.63, 3.8) is 0 Å². The summed E-state index contributed by atoms with van der Waals surface area (Å²) < 4.78 is 1.86. The third kappa shape index (κ3) is 1.45. The van der Waals surface area contributed by atoms with Crippen LogP contribution in [0.4, 0.5) is 0 Å². The van der Waals surface area contributed by atoms with Crippen molar-refractivity contribution in [1.82, 2.24) is 15.0 Å². The molecule has 0 saturated heterocycles. The van der Waals surface area contributed by atoms with E-state index in [1.54, 1.807) is 0 Å². The van der Waals surface area contributed by atoms with E-state index in [0.717, 1.165) is 18.5 Å². The molecule has 0 bridgehead atoms. The average molecular weight is 193 g/mol. The first-order valence-corrected chi connectivity index (χ1v) is 5.25. The van der Waals surface area contributed by atoms with Crippen molar-refractivity contribution in [2.45, 2.75) is 45.1 Å². The summed E-state index contributed by atoms with van der Waals surface area (Å²) in [4.78, 5) is 10.8. The third-order valence-corrected chi connectivity index (χ3v) is 2.95. The Hall–Kier alpha value is -1.19. The van der Waals surface area contributed by atoms with Crippen LogP contribution < -0.4 is 0 Å². The van der Waals surface area contributed by atoms with Crippen molar-refractivity contribution in [1.29, 1.82) is 0 Å². The zero-order chi connectivity index (χ0) is 9.97. The second-order valence-electron chi connectivity index (χ2n) is 3.77. The molecule has 0 aliphatic heterocycles. The lowest BCUT2D eigenvalue weighted by molar-refractivity contribution is 0.111. The second-order valence-corrected chi connectivity index (χ2v) is 3.77. The van der Waals surface area contributed by atoms with Crippen molar-refractivity contribution in [3.05, 3.63) is 11.4 Å². The fourth-order valence-corrected chi connectivity index (χ4v) is 2.27. The molecule has 1 aromatic rings. The molecule has 1 aliphatic carbocycles. The number of carbonyl (C=O) groups excluding carboxylic acids is 1. The molecule has 1 heterocycles. The molecular formula is C10H15N3O. The number of hydrogen-bond donors (Lipinski definition) is 0. The molecule has 0 atom stereocenters. The Morgan fingerprint density at radius 1 is 1.50 bits per heavy atom. The molecule has 4 heteroatoms. The smallest absolute Gasteiger partial charge is 0.172 e. The van der Waals surface area contributed by atoms with Gasteiger partial charge in [0.15, 0.2) is 6.29 Å². The molecule has 0 N–H and O–H groups in total. The summed E-state index contributed by atoms with van der Waals surface area (Å²) in [6, 6.07) is 0. The molecule has 0 unspecified atom stereocenters. The number of hydrogen-bond acceptors (Lipinski definition) is 3. The maximum absolute atomic E-state index is 10.8. The standard InChI is InChI=1S/C10H15N3O/c1-2-13-10(8-5-3-4-6-8)9(7-14)11-12-13/h7-8H,2-6H2,1H3. The molecular weight excluding hydrogens is 178 g/mol. The van der Waals surface area contributed by atoms with Gasteiger partial charge in [0.05, 0.1) is 5.69 Å². The van der Waals surface area contributed by atoms with Gasteiger partial charge in [-0.2, -0.15) is 0 Å². The lowest BCUT2D eigenvalue weighted by Gasteiger charge is -2.10. The maximum Gasteiger partial charge on any atom is 0.172 e. The van der Waals surface area contributed by atoms with E-state index >= 15 is 0 Å². The Morgan fingerprint density at radius 2 is 2.21 bits per heavy atom. The summed E-state index contributed by atoms with van der Waals surface area (Å²) >= 11 is 0. The highest BCUT2D eigenvalue weighted by molar-refractivity contribution is 5.73. The molecule has 14 heavy (non-hydrogen) atoms. The van der Waals surface area contributed by atoms with Crippen LogP contribution in [0, 0.1) is 0 Å². The van der Waals surface area contributed by atoms with Crippen molar-refractivity contribution in [2.75, 3.05) is 0 Å². The van der Waals surface area contributed by atoms with Gasteiger partial charge in [0.25, 0.3) is 0 Å². The Kier molecular flexibility index (Phi) is 2.61. The minimum absolute atomic E-state index is 0.505. The Morgan fingerprint density at radius 3 is 2.79 bits per heavy atom. The van der Waals surface area contributed by atoms with E-state index in [9.17, 15) is 4.79 Å². The lowest BCUT2D eigenvalue weighted by atomic mass is 10.0. The number of carbonyl (C=O) groups is 1. The van der Waals surface area contributed by atoms with Gasteiger partial charge in [-0.1, -0.05) is 18.1 Å². The van der Waals surface area contributed by atoms with Gasteiger partial charge < -0.3 is 0 Å². The summed E-state index contributed by atoms with van der Waals surface area (Å²) in [5.74, 6) is 0.505. The first-order valence-electron chi connectivity index (χ1n) is 5.25. The molecule has 2 rings (SSSR count). The topological polar surface area (TPSA) is 47.8 Å². The van der Waals surface area contributed by atoms with Crippen LogP contribution in [-0.2, 0) is 6.54 Å². The van der Waals surface area contributed by atoms with Crippen molar-refractivity contribution in [2.24, 2.45) is 0 Å². The predicted molar refractivity (Wildman–Crippen MR) is 52.3 cm³/mol. The molecule has 1 saturated carbocycles. The van der Waals surface area contributed by atoms with Crippen LogP contribution in [0.25, 0.3) is 0 Å². The molecule has 1 aliphatic rings. The Bertz CT molecular complexity index is 326. The average Bonchev–Trinajstić information content (AvgIpc) is 2.85. The van der Waals surface area contributed by atoms with Gasteiger partial charge in [-0.25, -0.2) is 4.68 Å². The number of aromatic nitrogens is 3. The molecule has 0 spiro atoms. The summed E-state index contributed by atoms with van der Waals surface area (Å²) in [5.41, 5.74) is 1.60. The van der Waals surface area contributed by atoms with Gasteiger partial charge in [-0.3, -0.25) is 4.79 Å². The van der Waals surface area contributed by atoms with Crippen LogP contribution in [0.15, 0.2) is 0 Å². The summed E-state index contributed by atoms with van der Waals surface area (Å²) in [6.45, 7) is 2.83. The van der Waals surface area contributed by atoms with E-state index in [1.165, 1.54) is 25.7 Å². The fourth-order valence-electron chi connectivity index (χ4n) is 2.27. The number of aldehydes is 1. The van der Waals surface area contributed by atoms with E-state index in [4.69, 9.17) is 0 Å². The molecule has 0 amide bonds. The number of nitrogens with zero attached hydrogens (tertiary/aromatic N) is 3. The summed E-state index contributed by atoms with van der Waals surface area (Å²) in [6.07, 6.45) is 5.70. The highest BCUT2D eigenvalue weighted by atomic mass is 16.1. The maximum atomic E-state index is 10.8. The van der Waals surface area contributed by atoms with E-state index in [2.05, 4.69) is 10.3 Å². The SMILES string of the molecule is CCn1nnc(C=O)c1C1CCCC1. The van der Waals surface area contributed by atoms with Crippen LogP contribution in [0.3, 0.4) is 0 Å². The highest BCUT2D eigenvalue weighted by Crippen LogP contribution is 2.34. The molecule has 0 radical (unpaired) electrons. The van der Waals surface area contributed by atoms with Crippen LogP contribution in [0.5, 0.6) is 0 Å². The first kappa shape index (κ1) is 9.37. The second kappa shape index (κ2) is 3.90. The molecule has 76 valence electrons. The number of rotatable bonds is 3. The first-order chi connectivity index (χ1) is 6.86. The lowest BCUT2D eigenvalue weighted by Crippen LogP contribution is -2.07. The van der Waals surface area contributed by atoms with Crippen molar-refractivity contribution < 1.29 is 4.79 Å². The van der Waals surface area contributed by atoms with Gasteiger partial charge >= 0.3 is 0 Å². The van der Waals surface area contributed by atoms with Gasteiger partial charge in [-0.15, -0.1) is 5.10 Å². The monoisotopic (exact) mass is 193 g/mol. The summed E-state index contributed by atoms with van der Waals surface area (Å²) in [7, 11) is 0. The molecule has 4 nitrogen and oxygen atoms in total. The molecule has 1 fully saturated rings. The van der Waals surface area contributed by atoms with E-state index in [0.29, 0.717) is 11.6 Å². The van der Waals surface area contributed by atoms with Gasteiger partial charge in [0, 0.05) is 12.5 Å². The summed E-state index contributed by atoms with van der Waals surface area (Å²) in [5, 5.41) is 7.88. The van der Waals surface area contributed by atoms with Crippen LogP contribution in [-0.4, -0.2) is 21.3 Å². The molecule has 1 aromatic heterocycles. The van der Waals surface area contributed by atoms with E-state index < -0.39 is 0 Å².